The molecule has 3 rings (SSSR count). The lowest BCUT2D eigenvalue weighted by Gasteiger charge is -2.17. The van der Waals surface area contributed by atoms with Crippen LogP contribution in [0.3, 0.4) is 0 Å². The topological polar surface area (TPSA) is 120 Å². The summed E-state index contributed by atoms with van der Waals surface area (Å²) in [6.07, 6.45) is 1.13. The maximum atomic E-state index is 14.2. The Morgan fingerprint density at radius 1 is 1.15 bits per heavy atom. The molecule has 0 radical (unpaired) electrons. The first-order chi connectivity index (χ1) is 16.4. The number of rotatable bonds is 9. The number of esters is 1. The first-order valence-electron chi connectivity index (χ1n) is 10.5. The molecular weight excluding hydrogens is 445 g/mol. The first-order valence-corrected chi connectivity index (χ1v) is 10.5. The third kappa shape index (κ3) is 6.41. The molecule has 0 fully saturated rings. The van der Waals surface area contributed by atoms with Gasteiger partial charge in [-0.05, 0) is 29.3 Å². The average molecular weight is 469 g/mol. The van der Waals surface area contributed by atoms with Crippen molar-refractivity contribution in [1.82, 2.24) is 15.8 Å². The van der Waals surface area contributed by atoms with Gasteiger partial charge in [-0.3, -0.25) is 4.79 Å². The second kappa shape index (κ2) is 11.6. The lowest BCUT2D eigenvalue weighted by Crippen LogP contribution is -2.49. The molecule has 0 spiro atoms. The van der Waals surface area contributed by atoms with Crippen molar-refractivity contribution in [3.05, 3.63) is 77.4 Å². The highest BCUT2D eigenvalue weighted by Gasteiger charge is 2.24. The van der Waals surface area contributed by atoms with Crippen LogP contribution in [0.2, 0.25) is 0 Å². The van der Waals surface area contributed by atoms with Gasteiger partial charge in [0.1, 0.15) is 24.2 Å². The Morgan fingerprint density at radius 2 is 1.91 bits per heavy atom. The lowest BCUT2D eigenvalue weighted by molar-refractivity contribution is -0.142. The number of nitrogens with one attached hydrogen (secondary N) is 2. The number of nitrogens with zero attached hydrogens (tertiary/aromatic N) is 1. The molecule has 0 bridgehead atoms. The molecule has 2 N–H and O–H groups in total. The number of aryl methyl sites for hydroxylation is 1. The van der Waals surface area contributed by atoms with Gasteiger partial charge in [0, 0.05) is 24.1 Å². The van der Waals surface area contributed by atoms with E-state index in [0.29, 0.717) is 23.3 Å². The average Bonchev–Trinajstić information content (AvgIpc) is 3.34. The number of halogens is 1. The predicted octanol–water partition coefficient (Wildman–Crippen LogP) is 3.24. The number of hydrogen-bond donors (Lipinski definition) is 2. The summed E-state index contributed by atoms with van der Waals surface area (Å²) in [4.78, 5) is 36.9. The third-order valence-electron chi connectivity index (χ3n) is 4.89. The normalized spacial score (nSPS) is 11.4. The van der Waals surface area contributed by atoms with E-state index >= 15 is 0 Å². The summed E-state index contributed by atoms with van der Waals surface area (Å²) in [5.41, 5.74) is 1.79. The Hall–Kier alpha value is -4.21. The summed E-state index contributed by atoms with van der Waals surface area (Å²) in [6, 6.07) is 11.6. The molecule has 0 aliphatic rings. The summed E-state index contributed by atoms with van der Waals surface area (Å²) in [5, 5.41) is 8.59. The number of hydrogen-bond acceptors (Lipinski definition) is 7. The molecule has 0 saturated carbocycles. The highest BCUT2D eigenvalue weighted by molar-refractivity contribution is 5.96. The zero-order valence-electron chi connectivity index (χ0n) is 18.7. The molecule has 34 heavy (non-hydrogen) atoms. The molecule has 10 heteroatoms. The molecule has 0 aliphatic heterocycles. The van der Waals surface area contributed by atoms with E-state index in [2.05, 4.69) is 20.5 Å². The van der Waals surface area contributed by atoms with Gasteiger partial charge in [-0.15, -0.1) is 0 Å². The Morgan fingerprint density at radius 3 is 2.62 bits per heavy atom. The lowest BCUT2D eigenvalue weighted by atomic mass is 10.0. The van der Waals surface area contributed by atoms with Gasteiger partial charge in [0.25, 0.3) is 5.91 Å². The van der Waals surface area contributed by atoms with Crippen molar-refractivity contribution in [3.8, 4) is 11.1 Å². The largest absolute Gasteiger partial charge is 0.467 e. The Bertz CT molecular complexity index is 1150. The third-order valence-corrected chi connectivity index (χ3v) is 4.89. The Kier molecular flexibility index (Phi) is 8.33. The summed E-state index contributed by atoms with van der Waals surface area (Å²) >= 11 is 0. The van der Waals surface area contributed by atoms with Crippen LogP contribution in [0.15, 0.2) is 59.3 Å². The fraction of sp³-hybridized carbons (Fsp3) is 0.250. The number of amides is 2. The van der Waals surface area contributed by atoms with Crippen molar-refractivity contribution in [3.63, 3.8) is 0 Å². The zero-order chi connectivity index (χ0) is 24.5. The minimum atomic E-state index is -1.21. The van der Waals surface area contributed by atoms with E-state index in [9.17, 15) is 18.8 Å². The second-order valence-electron chi connectivity index (χ2n) is 7.24. The number of aromatic nitrogens is 1. The van der Waals surface area contributed by atoms with Crippen LogP contribution >= 0.6 is 0 Å². The van der Waals surface area contributed by atoms with Crippen molar-refractivity contribution in [2.24, 2.45) is 0 Å². The quantitative estimate of drug-likeness (QED) is 0.462. The van der Waals surface area contributed by atoms with E-state index in [1.165, 1.54) is 18.3 Å². The molecule has 0 unspecified atom stereocenters. The molecule has 1 aromatic heterocycles. The highest BCUT2D eigenvalue weighted by atomic mass is 19.1. The summed E-state index contributed by atoms with van der Waals surface area (Å²) in [6.45, 7) is 1.56. The maximum Gasteiger partial charge on any atom is 0.408 e. The van der Waals surface area contributed by atoms with Gasteiger partial charge in [-0.1, -0.05) is 42.4 Å². The van der Waals surface area contributed by atoms with Gasteiger partial charge >= 0.3 is 12.1 Å². The second-order valence-corrected chi connectivity index (χ2v) is 7.24. The summed E-state index contributed by atoms with van der Waals surface area (Å²) in [5.74, 6) is -1.50. The molecular formula is C24H24FN3O6. The van der Waals surface area contributed by atoms with Gasteiger partial charge < -0.3 is 24.6 Å². The number of carbonyl (C=O) groups is 3. The fourth-order valence-corrected chi connectivity index (χ4v) is 3.17. The molecule has 0 saturated heterocycles. The summed E-state index contributed by atoms with van der Waals surface area (Å²) in [7, 11) is 1.15. The van der Waals surface area contributed by atoms with Gasteiger partial charge in [0.15, 0.2) is 0 Å². The van der Waals surface area contributed by atoms with E-state index in [0.717, 1.165) is 18.7 Å². The number of alkyl carbamates (subject to hydrolysis) is 1. The van der Waals surface area contributed by atoms with Gasteiger partial charge in [-0.2, -0.15) is 0 Å². The summed E-state index contributed by atoms with van der Waals surface area (Å²) < 4.78 is 29.1. The standard InChI is InChI=1S/C24H24FN3O6/c1-3-21-19(12-27-34-21)16-9-17(11-18(25)10-16)22(29)26-13-20(23(30)32-2)28-24(31)33-14-15-7-5-4-6-8-15/h4-12,20H,3,13-14H2,1-2H3,(H,26,29)(H,28,31)/t20-/m1/s1. The van der Waals surface area contributed by atoms with Crippen LogP contribution in [0.25, 0.3) is 11.1 Å². The van der Waals surface area contributed by atoms with Crippen LogP contribution in [0, 0.1) is 5.82 Å². The van der Waals surface area contributed by atoms with Gasteiger partial charge in [0.05, 0.1) is 13.3 Å². The maximum absolute atomic E-state index is 14.2. The van der Waals surface area contributed by atoms with Crippen molar-refractivity contribution in [2.45, 2.75) is 26.0 Å². The van der Waals surface area contributed by atoms with Crippen LogP contribution in [0.4, 0.5) is 9.18 Å². The molecule has 1 heterocycles. The van der Waals surface area contributed by atoms with Crippen LogP contribution in [0.5, 0.6) is 0 Å². The van der Waals surface area contributed by atoms with Crippen LogP contribution in [0.1, 0.15) is 28.6 Å². The van der Waals surface area contributed by atoms with Crippen molar-refractivity contribution >= 4 is 18.0 Å². The number of ether oxygens (including phenoxy) is 2. The molecule has 1 atom stereocenters. The van der Waals surface area contributed by atoms with Crippen molar-refractivity contribution in [2.75, 3.05) is 13.7 Å². The van der Waals surface area contributed by atoms with E-state index in [4.69, 9.17) is 9.26 Å². The van der Waals surface area contributed by atoms with Gasteiger partial charge in [-0.25, -0.2) is 14.0 Å². The Labute approximate surface area is 195 Å². The number of methoxy groups -OCH3 is 1. The molecule has 2 amide bonds. The minimum Gasteiger partial charge on any atom is -0.467 e. The molecule has 3 aromatic rings. The van der Waals surface area contributed by atoms with E-state index < -0.39 is 29.8 Å². The predicted molar refractivity (Wildman–Crippen MR) is 119 cm³/mol. The van der Waals surface area contributed by atoms with Crippen molar-refractivity contribution in [1.29, 1.82) is 0 Å². The molecule has 178 valence electrons. The van der Waals surface area contributed by atoms with Crippen LogP contribution in [-0.4, -0.2) is 42.8 Å². The number of carbonyl (C=O) groups excluding carboxylic acids is 3. The molecule has 2 aromatic carbocycles. The highest BCUT2D eigenvalue weighted by Crippen LogP contribution is 2.26. The van der Waals surface area contributed by atoms with Crippen molar-refractivity contribution < 1.29 is 32.8 Å². The first kappa shape index (κ1) is 24.4. The minimum absolute atomic E-state index is 0.00160. The molecule has 0 aliphatic carbocycles. The Balaban J connectivity index is 1.64. The van der Waals surface area contributed by atoms with E-state index in [1.54, 1.807) is 24.3 Å². The zero-order valence-corrected chi connectivity index (χ0v) is 18.7. The number of benzene rings is 2. The van der Waals surface area contributed by atoms with Gasteiger partial charge in [0.2, 0.25) is 0 Å². The van der Waals surface area contributed by atoms with Crippen LogP contribution in [-0.2, 0) is 27.3 Å². The SMILES string of the molecule is CCc1oncc1-c1cc(F)cc(C(=O)NC[C@@H](NC(=O)OCc2ccccc2)C(=O)OC)c1. The smallest absolute Gasteiger partial charge is 0.408 e. The van der Waals surface area contributed by atoms with E-state index in [-0.39, 0.29) is 18.7 Å². The van der Waals surface area contributed by atoms with E-state index in [1.807, 2.05) is 13.0 Å². The molecule has 9 nitrogen and oxygen atoms in total. The monoisotopic (exact) mass is 469 g/mol. The fourth-order valence-electron chi connectivity index (χ4n) is 3.17. The van der Waals surface area contributed by atoms with Crippen LogP contribution < -0.4 is 10.6 Å².